The maximum Gasteiger partial charge on any atom is 0.242 e. The van der Waals surface area contributed by atoms with Crippen LogP contribution in [0, 0.1) is 5.92 Å². The van der Waals surface area contributed by atoms with E-state index in [-0.39, 0.29) is 18.5 Å². The molecule has 1 fully saturated rings. The highest BCUT2D eigenvalue weighted by Crippen LogP contribution is 2.27. The minimum absolute atomic E-state index is 0.129. The molecule has 1 aromatic carbocycles. The number of aromatic nitrogens is 4. The van der Waals surface area contributed by atoms with E-state index >= 15 is 0 Å². The fourth-order valence-corrected chi connectivity index (χ4v) is 3.80. The molecule has 140 valence electrons. The van der Waals surface area contributed by atoms with E-state index in [1.54, 1.807) is 17.1 Å². The first-order chi connectivity index (χ1) is 13.2. The lowest BCUT2D eigenvalue weighted by molar-refractivity contribution is -0.123. The van der Waals surface area contributed by atoms with E-state index in [4.69, 9.17) is 0 Å². The van der Waals surface area contributed by atoms with Crippen molar-refractivity contribution in [2.75, 3.05) is 0 Å². The van der Waals surface area contributed by atoms with Gasteiger partial charge < -0.3 is 10.4 Å². The molecule has 7 nitrogen and oxygen atoms in total. The fraction of sp³-hybridized carbons (Fsp3) is 0.350. The zero-order valence-corrected chi connectivity index (χ0v) is 15.0. The number of aliphatic hydroxyl groups is 1. The number of carbonyl (C=O) groups is 1. The maximum atomic E-state index is 12.5. The van der Waals surface area contributed by atoms with Gasteiger partial charge in [-0.05, 0) is 36.5 Å². The van der Waals surface area contributed by atoms with Crippen LogP contribution in [0.3, 0.4) is 0 Å². The molecule has 1 unspecified atom stereocenters. The van der Waals surface area contributed by atoms with Crippen LogP contribution in [-0.4, -0.2) is 42.7 Å². The Bertz CT molecular complexity index is 875. The Morgan fingerprint density at radius 3 is 2.74 bits per heavy atom. The summed E-state index contributed by atoms with van der Waals surface area (Å²) in [7, 11) is 0. The highest BCUT2D eigenvalue weighted by Gasteiger charge is 2.34. The number of hydrogen-bond donors (Lipinski definition) is 2. The lowest BCUT2D eigenvalue weighted by Crippen LogP contribution is -2.41. The Labute approximate surface area is 157 Å². The van der Waals surface area contributed by atoms with Crippen molar-refractivity contribution >= 4 is 5.91 Å². The monoisotopic (exact) mass is 365 g/mol. The molecule has 0 saturated heterocycles. The number of benzene rings is 1. The minimum Gasteiger partial charge on any atom is -0.391 e. The molecule has 27 heavy (non-hydrogen) atoms. The lowest BCUT2D eigenvalue weighted by atomic mass is 10.1. The molecule has 4 rings (SSSR count). The fourth-order valence-electron chi connectivity index (χ4n) is 3.80. The number of aliphatic hydroxyl groups excluding tert-OH is 1. The van der Waals surface area contributed by atoms with Crippen molar-refractivity contribution in [1.29, 1.82) is 0 Å². The van der Waals surface area contributed by atoms with Crippen molar-refractivity contribution in [3.63, 3.8) is 0 Å². The van der Waals surface area contributed by atoms with Gasteiger partial charge in [0.05, 0.1) is 17.8 Å². The zero-order valence-electron chi connectivity index (χ0n) is 15.0. The SMILES string of the molecule is O=C(Cn1nccc1-c1ccccc1)N[C@@H]1CC(Cn2cccn2)C[C@H]1O. The van der Waals surface area contributed by atoms with E-state index in [0.29, 0.717) is 12.3 Å². The van der Waals surface area contributed by atoms with Crippen LogP contribution < -0.4 is 5.32 Å². The smallest absolute Gasteiger partial charge is 0.242 e. The topological polar surface area (TPSA) is 85.0 Å². The van der Waals surface area contributed by atoms with Crippen molar-refractivity contribution < 1.29 is 9.90 Å². The van der Waals surface area contributed by atoms with Crippen LogP contribution in [0.1, 0.15) is 12.8 Å². The first-order valence-electron chi connectivity index (χ1n) is 9.21. The van der Waals surface area contributed by atoms with Gasteiger partial charge in [0.1, 0.15) is 6.54 Å². The first-order valence-corrected chi connectivity index (χ1v) is 9.21. The molecule has 2 N–H and O–H groups in total. The summed E-state index contributed by atoms with van der Waals surface area (Å²) in [6, 6.07) is 13.4. The summed E-state index contributed by atoms with van der Waals surface area (Å²) >= 11 is 0. The van der Waals surface area contributed by atoms with Crippen LogP contribution in [0.25, 0.3) is 11.3 Å². The average Bonchev–Trinajstić information content (AvgIpc) is 3.39. The van der Waals surface area contributed by atoms with Crippen molar-refractivity contribution in [3.05, 3.63) is 61.1 Å². The van der Waals surface area contributed by atoms with Crippen molar-refractivity contribution in [3.8, 4) is 11.3 Å². The number of carbonyl (C=O) groups excluding carboxylic acids is 1. The van der Waals surface area contributed by atoms with Gasteiger partial charge >= 0.3 is 0 Å². The number of hydrogen-bond acceptors (Lipinski definition) is 4. The first kappa shape index (κ1) is 17.5. The third kappa shape index (κ3) is 4.09. The Morgan fingerprint density at radius 1 is 1.11 bits per heavy atom. The summed E-state index contributed by atoms with van der Waals surface area (Å²) in [6.45, 7) is 0.887. The summed E-state index contributed by atoms with van der Waals surface area (Å²) in [6.07, 6.45) is 6.25. The Kier molecular flexibility index (Phi) is 5.02. The van der Waals surface area contributed by atoms with Gasteiger partial charge in [-0.2, -0.15) is 10.2 Å². The predicted molar refractivity (Wildman–Crippen MR) is 101 cm³/mol. The third-order valence-corrected chi connectivity index (χ3v) is 5.06. The Hall–Kier alpha value is -2.93. The van der Waals surface area contributed by atoms with Gasteiger partial charge in [0.25, 0.3) is 0 Å². The van der Waals surface area contributed by atoms with Gasteiger partial charge in [-0.15, -0.1) is 0 Å². The highest BCUT2D eigenvalue weighted by atomic mass is 16.3. The van der Waals surface area contributed by atoms with Gasteiger partial charge in [-0.25, -0.2) is 0 Å². The summed E-state index contributed by atoms with van der Waals surface area (Å²) in [5.41, 5.74) is 1.91. The highest BCUT2D eigenvalue weighted by molar-refractivity contribution is 5.77. The molecule has 3 aromatic rings. The van der Waals surface area contributed by atoms with Crippen LogP contribution in [0.4, 0.5) is 0 Å². The summed E-state index contributed by atoms with van der Waals surface area (Å²) in [4.78, 5) is 12.5. The standard InChI is InChI=1S/C20H23N5O2/c26-19-12-15(13-24-10-4-8-21-24)11-17(19)23-20(27)14-25-18(7-9-22-25)16-5-2-1-3-6-16/h1-10,15,17,19,26H,11-14H2,(H,23,27)/t15?,17-,19-/m1/s1. The third-order valence-electron chi connectivity index (χ3n) is 5.06. The quantitative estimate of drug-likeness (QED) is 0.696. The van der Waals surface area contributed by atoms with Crippen molar-refractivity contribution in [1.82, 2.24) is 24.9 Å². The number of amides is 1. The molecule has 1 saturated carbocycles. The second-order valence-corrected chi connectivity index (χ2v) is 7.05. The minimum atomic E-state index is -0.527. The van der Waals surface area contributed by atoms with Crippen molar-refractivity contribution in [2.45, 2.75) is 38.1 Å². The normalized spacial score (nSPS) is 22.0. The molecule has 7 heteroatoms. The van der Waals surface area contributed by atoms with E-state index in [2.05, 4.69) is 15.5 Å². The summed E-state index contributed by atoms with van der Waals surface area (Å²) < 4.78 is 3.56. The van der Waals surface area contributed by atoms with Crippen LogP contribution in [-0.2, 0) is 17.9 Å². The van der Waals surface area contributed by atoms with E-state index in [9.17, 15) is 9.90 Å². The number of rotatable bonds is 6. The Morgan fingerprint density at radius 2 is 1.96 bits per heavy atom. The molecule has 2 heterocycles. The van der Waals surface area contributed by atoms with E-state index in [1.165, 1.54) is 0 Å². The molecule has 0 radical (unpaired) electrons. The molecule has 0 bridgehead atoms. The average molecular weight is 365 g/mol. The summed E-state index contributed by atoms with van der Waals surface area (Å²) in [5.74, 6) is 0.162. The van der Waals surface area contributed by atoms with Gasteiger partial charge in [0.2, 0.25) is 5.91 Å². The van der Waals surface area contributed by atoms with Crippen LogP contribution in [0.2, 0.25) is 0 Å². The van der Waals surface area contributed by atoms with Gasteiger partial charge in [-0.3, -0.25) is 14.2 Å². The molecule has 1 aliphatic carbocycles. The molecule has 1 aliphatic rings. The largest absolute Gasteiger partial charge is 0.391 e. The lowest BCUT2D eigenvalue weighted by Gasteiger charge is -2.17. The van der Waals surface area contributed by atoms with Gasteiger partial charge in [-0.1, -0.05) is 30.3 Å². The molecule has 0 spiro atoms. The predicted octanol–water partition coefficient (Wildman–Crippen LogP) is 1.70. The van der Waals surface area contributed by atoms with Crippen LogP contribution in [0.15, 0.2) is 61.1 Å². The van der Waals surface area contributed by atoms with E-state index < -0.39 is 6.10 Å². The number of nitrogens with one attached hydrogen (secondary N) is 1. The molecule has 3 atom stereocenters. The number of nitrogens with zero attached hydrogens (tertiary/aromatic N) is 4. The molecule has 0 aliphatic heterocycles. The van der Waals surface area contributed by atoms with Gasteiger partial charge in [0.15, 0.2) is 0 Å². The second-order valence-electron chi connectivity index (χ2n) is 7.05. The van der Waals surface area contributed by atoms with E-state index in [0.717, 1.165) is 24.2 Å². The van der Waals surface area contributed by atoms with Crippen molar-refractivity contribution in [2.24, 2.45) is 5.92 Å². The van der Waals surface area contributed by atoms with Crippen LogP contribution in [0.5, 0.6) is 0 Å². The zero-order chi connectivity index (χ0) is 18.6. The molecular weight excluding hydrogens is 342 g/mol. The van der Waals surface area contributed by atoms with Crippen LogP contribution >= 0.6 is 0 Å². The van der Waals surface area contributed by atoms with Gasteiger partial charge in [0, 0.05) is 25.1 Å². The van der Waals surface area contributed by atoms with E-state index in [1.807, 2.05) is 53.3 Å². The molecule has 2 aromatic heterocycles. The molecular formula is C20H23N5O2. The maximum absolute atomic E-state index is 12.5. The second kappa shape index (κ2) is 7.75. The Balaban J connectivity index is 1.35. The summed E-state index contributed by atoms with van der Waals surface area (Å²) in [5, 5.41) is 21.8. The molecule has 1 amide bonds.